The van der Waals surface area contributed by atoms with Crippen molar-refractivity contribution in [3.63, 3.8) is 0 Å². The molecule has 1 aromatic rings. The highest BCUT2D eigenvalue weighted by molar-refractivity contribution is 7.99. The van der Waals surface area contributed by atoms with Gasteiger partial charge in [0.1, 0.15) is 0 Å². The van der Waals surface area contributed by atoms with Crippen LogP contribution in [-0.2, 0) is 0 Å². The van der Waals surface area contributed by atoms with Gasteiger partial charge in [0.15, 0.2) is 0 Å². The molecule has 0 N–H and O–H groups in total. The second-order valence-electron chi connectivity index (χ2n) is 4.00. The minimum Gasteiger partial charge on any atom is -0.367 e. The maximum Gasteiger partial charge on any atom is 0.0962 e. The van der Waals surface area contributed by atoms with Gasteiger partial charge in [0.05, 0.1) is 11.4 Å². The van der Waals surface area contributed by atoms with Gasteiger partial charge in [-0.1, -0.05) is 11.6 Å². The van der Waals surface area contributed by atoms with E-state index in [1.807, 2.05) is 49.3 Å². The Morgan fingerprint density at radius 2 is 2.12 bits per heavy atom. The lowest BCUT2D eigenvalue weighted by molar-refractivity contribution is 0.386. The molecule has 88 valence electrons. The van der Waals surface area contributed by atoms with Crippen LogP contribution in [0.4, 0.5) is 0 Å². The second kappa shape index (κ2) is 5.48. The SMILES string of the molecule is CN1C=C(C#N)CC[C@H]1Sc1ccc(Cl)cc1. The lowest BCUT2D eigenvalue weighted by Crippen LogP contribution is -2.27. The number of hydrogen-bond acceptors (Lipinski definition) is 3. The maximum atomic E-state index is 8.85. The summed E-state index contributed by atoms with van der Waals surface area (Å²) in [6.45, 7) is 0. The summed E-state index contributed by atoms with van der Waals surface area (Å²) in [7, 11) is 2.02. The third-order valence-corrected chi connectivity index (χ3v) is 4.34. The van der Waals surface area contributed by atoms with Crippen molar-refractivity contribution in [2.24, 2.45) is 0 Å². The molecule has 0 radical (unpaired) electrons. The van der Waals surface area contributed by atoms with Gasteiger partial charge in [0, 0.05) is 28.7 Å². The third kappa shape index (κ3) is 3.18. The fraction of sp³-hybridized carbons (Fsp3) is 0.308. The molecule has 17 heavy (non-hydrogen) atoms. The topological polar surface area (TPSA) is 27.0 Å². The van der Waals surface area contributed by atoms with Gasteiger partial charge in [0.25, 0.3) is 0 Å². The predicted molar refractivity (Wildman–Crippen MR) is 71.8 cm³/mol. The number of thioether (sulfide) groups is 1. The fourth-order valence-electron chi connectivity index (χ4n) is 1.77. The van der Waals surface area contributed by atoms with Crippen molar-refractivity contribution in [3.05, 3.63) is 41.1 Å². The van der Waals surface area contributed by atoms with Crippen molar-refractivity contribution < 1.29 is 0 Å². The molecule has 0 bridgehead atoms. The molecule has 0 spiro atoms. The fourth-order valence-corrected chi connectivity index (χ4v) is 2.97. The van der Waals surface area contributed by atoms with Crippen LogP contribution in [0.5, 0.6) is 0 Å². The lowest BCUT2D eigenvalue weighted by atomic mass is 10.1. The Balaban J connectivity index is 2.04. The minimum absolute atomic E-state index is 0.397. The summed E-state index contributed by atoms with van der Waals surface area (Å²) in [5.74, 6) is 0. The highest BCUT2D eigenvalue weighted by Crippen LogP contribution is 2.32. The quantitative estimate of drug-likeness (QED) is 0.811. The Bertz CT molecular complexity index is 461. The molecule has 0 aromatic heterocycles. The van der Waals surface area contributed by atoms with E-state index in [0.29, 0.717) is 5.37 Å². The monoisotopic (exact) mass is 264 g/mol. The molecule has 0 fully saturated rings. The lowest BCUT2D eigenvalue weighted by Gasteiger charge is -2.30. The van der Waals surface area contributed by atoms with E-state index in [1.54, 1.807) is 0 Å². The summed E-state index contributed by atoms with van der Waals surface area (Å²) in [4.78, 5) is 3.32. The minimum atomic E-state index is 0.397. The van der Waals surface area contributed by atoms with Crippen LogP contribution in [0.2, 0.25) is 5.02 Å². The van der Waals surface area contributed by atoms with E-state index < -0.39 is 0 Å². The van der Waals surface area contributed by atoms with Gasteiger partial charge in [-0.15, -0.1) is 11.8 Å². The molecule has 0 saturated carbocycles. The van der Waals surface area contributed by atoms with Gasteiger partial charge in [-0.25, -0.2) is 0 Å². The summed E-state index contributed by atoms with van der Waals surface area (Å²) >= 11 is 7.66. The van der Waals surface area contributed by atoms with Crippen LogP contribution in [0.3, 0.4) is 0 Å². The number of rotatable bonds is 2. The van der Waals surface area contributed by atoms with Crippen molar-refractivity contribution in [2.75, 3.05) is 7.05 Å². The first kappa shape index (κ1) is 12.3. The van der Waals surface area contributed by atoms with Crippen LogP contribution in [0.1, 0.15) is 12.8 Å². The first-order valence-electron chi connectivity index (χ1n) is 5.44. The van der Waals surface area contributed by atoms with Crippen molar-refractivity contribution in [2.45, 2.75) is 23.1 Å². The zero-order valence-corrected chi connectivity index (χ0v) is 11.1. The zero-order valence-electron chi connectivity index (χ0n) is 9.56. The molecule has 1 aliphatic heterocycles. The number of nitrogens with zero attached hydrogens (tertiary/aromatic N) is 2. The number of halogens is 1. The van der Waals surface area contributed by atoms with E-state index in [-0.39, 0.29) is 0 Å². The molecule has 1 atom stereocenters. The van der Waals surface area contributed by atoms with Gasteiger partial charge >= 0.3 is 0 Å². The van der Waals surface area contributed by atoms with Gasteiger partial charge in [-0.05, 0) is 37.1 Å². The van der Waals surface area contributed by atoms with Crippen LogP contribution >= 0.6 is 23.4 Å². The number of nitriles is 1. The van der Waals surface area contributed by atoms with E-state index in [9.17, 15) is 0 Å². The molecule has 1 aromatic carbocycles. The molecule has 0 saturated heterocycles. The van der Waals surface area contributed by atoms with Gasteiger partial charge in [-0.3, -0.25) is 0 Å². The Labute approximate surface area is 111 Å². The maximum absolute atomic E-state index is 8.85. The van der Waals surface area contributed by atoms with Gasteiger partial charge < -0.3 is 4.90 Å². The normalized spacial score (nSPS) is 19.7. The van der Waals surface area contributed by atoms with E-state index >= 15 is 0 Å². The van der Waals surface area contributed by atoms with Crippen molar-refractivity contribution in [3.8, 4) is 6.07 Å². The predicted octanol–water partition coefficient (Wildman–Crippen LogP) is 3.89. The van der Waals surface area contributed by atoms with Crippen LogP contribution in [0.25, 0.3) is 0 Å². The summed E-state index contributed by atoms with van der Waals surface area (Å²) in [5.41, 5.74) is 0.862. The number of allylic oxidation sites excluding steroid dienone is 1. The summed E-state index contributed by atoms with van der Waals surface area (Å²) in [5, 5.41) is 10.0. The molecule has 2 nitrogen and oxygen atoms in total. The Morgan fingerprint density at radius 1 is 1.41 bits per heavy atom. The van der Waals surface area contributed by atoms with Crippen LogP contribution in [-0.4, -0.2) is 17.3 Å². The highest BCUT2D eigenvalue weighted by atomic mass is 35.5. The van der Waals surface area contributed by atoms with Crippen molar-refractivity contribution in [1.29, 1.82) is 5.26 Å². The average molecular weight is 265 g/mol. The third-order valence-electron chi connectivity index (χ3n) is 2.70. The molecular weight excluding hydrogens is 252 g/mol. The molecule has 1 aliphatic rings. The van der Waals surface area contributed by atoms with Crippen molar-refractivity contribution >= 4 is 23.4 Å². The van der Waals surface area contributed by atoms with Crippen LogP contribution in [0, 0.1) is 11.3 Å². The Morgan fingerprint density at radius 3 is 2.71 bits per heavy atom. The average Bonchev–Trinajstić information content (AvgIpc) is 2.34. The summed E-state index contributed by atoms with van der Waals surface area (Å²) < 4.78 is 0. The summed E-state index contributed by atoms with van der Waals surface area (Å²) in [6.07, 6.45) is 3.81. The van der Waals surface area contributed by atoms with E-state index in [2.05, 4.69) is 11.0 Å². The Hall–Kier alpha value is -1.11. The number of benzene rings is 1. The zero-order chi connectivity index (χ0) is 12.3. The van der Waals surface area contributed by atoms with Crippen LogP contribution < -0.4 is 0 Å². The summed E-state index contributed by atoms with van der Waals surface area (Å²) in [6, 6.07) is 10.1. The molecule has 0 aliphatic carbocycles. The molecule has 0 amide bonds. The smallest absolute Gasteiger partial charge is 0.0962 e. The highest BCUT2D eigenvalue weighted by Gasteiger charge is 2.19. The van der Waals surface area contributed by atoms with Gasteiger partial charge in [-0.2, -0.15) is 5.26 Å². The first-order valence-corrected chi connectivity index (χ1v) is 6.70. The van der Waals surface area contributed by atoms with E-state index in [0.717, 1.165) is 23.4 Å². The molecule has 0 unspecified atom stereocenters. The van der Waals surface area contributed by atoms with E-state index in [4.69, 9.17) is 16.9 Å². The molecule has 4 heteroatoms. The molecular formula is C13H13ClN2S. The van der Waals surface area contributed by atoms with Crippen LogP contribution in [0.15, 0.2) is 40.9 Å². The molecule has 1 heterocycles. The van der Waals surface area contributed by atoms with Crippen molar-refractivity contribution in [1.82, 2.24) is 4.90 Å². The standard InChI is InChI=1S/C13H13ClN2S/c1-16-9-10(8-15)2-7-13(16)17-12-5-3-11(14)4-6-12/h3-6,9,13H,2,7H2,1H3/t13-/m1/s1. The van der Waals surface area contributed by atoms with Gasteiger partial charge in [0.2, 0.25) is 0 Å². The van der Waals surface area contributed by atoms with E-state index in [1.165, 1.54) is 4.90 Å². The first-order chi connectivity index (χ1) is 8.19. The Kier molecular flexibility index (Phi) is 3.98. The molecule has 2 rings (SSSR count). The largest absolute Gasteiger partial charge is 0.367 e. The second-order valence-corrected chi connectivity index (χ2v) is 5.68. The number of hydrogen-bond donors (Lipinski definition) is 0.